The zero-order valence-electron chi connectivity index (χ0n) is 7.71. The second-order valence-electron chi connectivity index (χ2n) is 2.96. The van der Waals surface area contributed by atoms with Crippen molar-refractivity contribution in [3.63, 3.8) is 0 Å². The highest BCUT2D eigenvalue weighted by atomic mass is 32.1. The van der Waals surface area contributed by atoms with Crippen molar-refractivity contribution in [2.45, 2.75) is 6.18 Å². The number of H-pyrrole nitrogens is 1. The Kier molecular flexibility index (Phi) is 2.55. The van der Waals surface area contributed by atoms with Gasteiger partial charge in [-0.15, -0.1) is 0 Å². The van der Waals surface area contributed by atoms with Crippen LogP contribution in [-0.2, 0) is 6.18 Å². The molecule has 0 bridgehead atoms. The number of halogens is 3. The molecular weight excluding hydrogens is 241 g/mol. The molecule has 0 radical (unpaired) electrons. The average Bonchev–Trinajstić information content (AvgIpc) is 2.68. The Balaban J connectivity index is 2.57. The zero-order valence-corrected chi connectivity index (χ0v) is 8.52. The van der Waals surface area contributed by atoms with Gasteiger partial charge in [0.15, 0.2) is 0 Å². The van der Waals surface area contributed by atoms with Crippen molar-refractivity contribution in [2.24, 2.45) is 0 Å². The Morgan fingerprint density at radius 2 is 2.12 bits per heavy atom. The lowest BCUT2D eigenvalue weighted by Crippen LogP contribution is -2.11. The fraction of sp³-hybridized carbons (Fsp3) is 0.111. The SMILES string of the molecule is FC(F)(F)c1nc(=S)cc(-c2ccco2)[nH]1. The number of hydrogen-bond donors (Lipinski definition) is 1. The lowest BCUT2D eigenvalue weighted by atomic mass is 10.3. The Bertz CT molecular complexity index is 545. The highest BCUT2D eigenvalue weighted by Gasteiger charge is 2.34. The molecule has 7 heteroatoms. The van der Waals surface area contributed by atoms with Gasteiger partial charge in [-0.25, -0.2) is 4.98 Å². The summed E-state index contributed by atoms with van der Waals surface area (Å²) in [6.45, 7) is 0. The minimum absolute atomic E-state index is 0.141. The van der Waals surface area contributed by atoms with E-state index in [1.807, 2.05) is 0 Å². The largest absolute Gasteiger partial charge is 0.463 e. The quantitative estimate of drug-likeness (QED) is 0.784. The third-order valence-electron chi connectivity index (χ3n) is 1.80. The van der Waals surface area contributed by atoms with Crippen molar-refractivity contribution in [1.82, 2.24) is 9.97 Å². The van der Waals surface area contributed by atoms with Crippen molar-refractivity contribution in [2.75, 3.05) is 0 Å². The van der Waals surface area contributed by atoms with Crippen LogP contribution in [0.5, 0.6) is 0 Å². The van der Waals surface area contributed by atoms with Gasteiger partial charge in [0.1, 0.15) is 10.4 Å². The highest BCUT2D eigenvalue weighted by molar-refractivity contribution is 7.71. The molecule has 16 heavy (non-hydrogen) atoms. The molecule has 0 saturated heterocycles. The van der Waals surface area contributed by atoms with E-state index in [4.69, 9.17) is 4.42 Å². The summed E-state index contributed by atoms with van der Waals surface area (Å²) in [5.41, 5.74) is 0.150. The molecule has 0 amide bonds. The summed E-state index contributed by atoms with van der Waals surface area (Å²) in [6, 6.07) is 4.41. The van der Waals surface area contributed by atoms with Crippen LogP contribution in [0.2, 0.25) is 0 Å². The lowest BCUT2D eigenvalue weighted by Gasteiger charge is -2.06. The van der Waals surface area contributed by atoms with Crippen LogP contribution in [-0.4, -0.2) is 9.97 Å². The summed E-state index contributed by atoms with van der Waals surface area (Å²) in [5.74, 6) is -0.856. The van der Waals surface area contributed by atoms with Gasteiger partial charge in [-0.2, -0.15) is 13.2 Å². The number of hydrogen-bond acceptors (Lipinski definition) is 3. The standard InChI is InChI=1S/C9H5F3N2OS/c10-9(11,12)8-13-5(4-7(16)14-8)6-2-1-3-15-6/h1-4H,(H,13,14,16). The first kappa shape index (κ1) is 10.9. The second-order valence-corrected chi connectivity index (χ2v) is 3.37. The van der Waals surface area contributed by atoms with Gasteiger partial charge in [-0.05, 0) is 12.1 Å². The summed E-state index contributed by atoms with van der Waals surface area (Å²) in [7, 11) is 0. The summed E-state index contributed by atoms with van der Waals surface area (Å²) in [4.78, 5) is 5.34. The fourth-order valence-corrected chi connectivity index (χ4v) is 1.37. The second kappa shape index (κ2) is 3.75. The van der Waals surface area contributed by atoms with Gasteiger partial charge in [0.05, 0.1) is 12.0 Å². The van der Waals surface area contributed by atoms with E-state index in [9.17, 15) is 13.2 Å². The fourth-order valence-electron chi connectivity index (χ4n) is 1.16. The molecule has 0 aliphatic rings. The minimum atomic E-state index is -4.56. The summed E-state index contributed by atoms with van der Waals surface area (Å²) in [6.07, 6.45) is -3.20. The van der Waals surface area contributed by atoms with Crippen LogP contribution in [0.25, 0.3) is 11.5 Å². The van der Waals surface area contributed by atoms with Crippen LogP contribution in [0.3, 0.4) is 0 Å². The van der Waals surface area contributed by atoms with Crippen LogP contribution < -0.4 is 0 Å². The Hall–Kier alpha value is -1.63. The Morgan fingerprint density at radius 3 is 2.69 bits per heavy atom. The first-order valence-corrected chi connectivity index (χ1v) is 4.60. The van der Waals surface area contributed by atoms with Gasteiger partial charge in [0.25, 0.3) is 0 Å². The molecule has 0 saturated carbocycles. The number of nitrogens with zero attached hydrogens (tertiary/aromatic N) is 1. The summed E-state index contributed by atoms with van der Waals surface area (Å²) >= 11 is 4.66. The van der Waals surface area contributed by atoms with Gasteiger partial charge in [-0.3, -0.25) is 0 Å². The molecule has 2 rings (SSSR count). The number of aromatic nitrogens is 2. The van der Waals surface area contributed by atoms with Gasteiger partial charge in [0.2, 0.25) is 5.82 Å². The van der Waals surface area contributed by atoms with Gasteiger partial charge in [-0.1, -0.05) is 12.2 Å². The maximum atomic E-state index is 12.4. The van der Waals surface area contributed by atoms with Crippen molar-refractivity contribution >= 4 is 12.2 Å². The van der Waals surface area contributed by atoms with Gasteiger partial charge < -0.3 is 9.40 Å². The highest BCUT2D eigenvalue weighted by Crippen LogP contribution is 2.28. The van der Waals surface area contributed by atoms with Crippen LogP contribution in [0.4, 0.5) is 13.2 Å². The molecule has 0 atom stereocenters. The van der Waals surface area contributed by atoms with E-state index < -0.39 is 12.0 Å². The molecule has 2 aromatic rings. The molecule has 0 unspecified atom stereocenters. The van der Waals surface area contributed by atoms with Gasteiger partial charge >= 0.3 is 6.18 Å². The summed E-state index contributed by atoms with van der Waals surface area (Å²) in [5, 5.41) is 0. The molecule has 0 spiro atoms. The summed E-state index contributed by atoms with van der Waals surface area (Å²) < 4.78 is 42.1. The topological polar surface area (TPSA) is 41.8 Å². The normalized spacial score (nSPS) is 11.7. The van der Waals surface area contributed by atoms with E-state index in [1.54, 1.807) is 6.07 Å². The zero-order chi connectivity index (χ0) is 11.8. The molecule has 0 aliphatic heterocycles. The molecule has 1 N–H and O–H groups in total. The van der Waals surface area contributed by atoms with E-state index >= 15 is 0 Å². The smallest absolute Gasteiger partial charge is 0.449 e. The lowest BCUT2D eigenvalue weighted by molar-refractivity contribution is -0.145. The van der Waals surface area contributed by atoms with E-state index in [2.05, 4.69) is 22.2 Å². The predicted molar refractivity (Wildman–Crippen MR) is 52.1 cm³/mol. The number of rotatable bonds is 1. The van der Waals surface area contributed by atoms with Crippen molar-refractivity contribution < 1.29 is 17.6 Å². The van der Waals surface area contributed by atoms with Crippen LogP contribution in [0.1, 0.15) is 5.82 Å². The maximum Gasteiger partial charge on any atom is 0.449 e. The maximum absolute atomic E-state index is 12.4. The van der Waals surface area contributed by atoms with Crippen LogP contribution in [0.15, 0.2) is 28.9 Å². The van der Waals surface area contributed by atoms with Gasteiger partial charge in [0, 0.05) is 6.07 Å². The molecule has 0 aliphatic carbocycles. The third-order valence-corrected chi connectivity index (χ3v) is 2.01. The van der Waals surface area contributed by atoms with Crippen molar-refractivity contribution in [1.29, 1.82) is 0 Å². The van der Waals surface area contributed by atoms with E-state index in [0.717, 1.165) is 0 Å². The molecule has 0 aromatic carbocycles. The number of alkyl halides is 3. The molecular formula is C9H5F3N2OS. The average molecular weight is 246 g/mol. The van der Waals surface area contributed by atoms with E-state index in [-0.39, 0.29) is 16.1 Å². The van der Waals surface area contributed by atoms with Crippen LogP contribution >= 0.6 is 12.2 Å². The third kappa shape index (κ3) is 2.13. The molecule has 3 nitrogen and oxygen atoms in total. The first-order chi connectivity index (χ1) is 7.47. The monoisotopic (exact) mass is 246 g/mol. The minimum Gasteiger partial charge on any atom is -0.463 e. The Morgan fingerprint density at radius 1 is 1.38 bits per heavy atom. The Labute approximate surface area is 92.9 Å². The van der Waals surface area contributed by atoms with Crippen molar-refractivity contribution in [3.8, 4) is 11.5 Å². The molecule has 2 heterocycles. The molecule has 84 valence electrons. The molecule has 2 aromatic heterocycles. The number of nitrogens with one attached hydrogen (secondary N) is 1. The van der Waals surface area contributed by atoms with E-state index in [0.29, 0.717) is 0 Å². The number of aromatic amines is 1. The molecule has 0 fully saturated rings. The first-order valence-electron chi connectivity index (χ1n) is 4.19. The van der Waals surface area contributed by atoms with Crippen LogP contribution in [0, 0.1) is 4.64 Å². The van der Waals surface area contributed by atoms with E-state index in [1.165, 1.54) is 18.4 Å². The predicted octanol–water partition coefficient (Wildman–Crippen LogP) is 3.42. The van der Waals surface area contributed by atoms with Crippen molar-refractivity contribution in [3.05, 3.63) is 34.9 Å². The number of furan rings is 1.